The zero-order chi connectivity index (χ0) is 13.5. The van der Waals surface area contributed by atoms with Crippen LogP contribution in [0, 0.1) is 13.8 Å². The van der Waals surface area contributed by atoms with E-state index in [-0.39, 0.29) is 5.91 Å². The summed E-state index contributed by atoms with van der Waals surface area (Å²) in [6.45, 7) is 8.13. The Labute approximate surface area is 109 Å². The van der Waals surface area contributed by atoms with E-state index in [1.165, 1.54) is 11.1 Å². The molecule has 1 amide bonds. The monoisotopic (exact) mass is 246 g/mol. The van der Waals surface area contributed by atoms with Crippen molar-refractivity contribution in [3.8, 4) is 0 Å². The van der Waals surface area contributed by atoms with E-state index in [0.717, 1.165) is 24.1 Å². The first-order valence-corrected chi connectivity index (χ1v) is 6.45. The van der Waals surface area contributed by atoms with E-state index >= 15 is 0 Å². The van der Waals surface area contributed by atoms with Crippen molar-refractivity contribution in [1.29, 1.82) is 0 Å². The van der Waals surface area contributed by atoms with Crippen LogP contribution in [0.5, 0.6) is 0 Å². The van der Waals surface area contributed by atoms with Crippen molar-refractivity contribution in [3.05, 3.63) is 34.9 Å². The highest BCUT2D eigenvalue weighted by molar-refractivity contribution is 5.99. The van der Waals surface area contributed by atoms with Crippen LogP contribution in [0.25, 0.3) is 0 Å². The van der Waals surface area contributed by atoms with Crippen molar-refractivity contribution in [2.75, 3.05) is 0 Å². The summed E-state index contributed by atoms with van der Waals surface area (Å²) in [4.78, 5) is 11.4. The van der Waals surface area contributed by atoms with Gasteiger partial charge in [-0.25, -0.2) is 5.43 Å². The highest BCUT2D eigenvalue weighted by Crippen LogP contribution is 2.10. The molecule has 0 spiro atoms. The first-order chi connectivity index (χ1) is 8.54. The molecule has 1 N–H and O–H groups in total. The number of carbonyl (C=O) groups excluding carboxylic acids is 1. The Hall–Kier alpha value is -1.64. The van der Waals surface area contributed by atoms with Crippen LogP contribution in [0.4, 0.5) is 0 Å². The van der Waals surface area contributed by atoms with Crippen LogP contribution in [0.15, 0.2) is 23.3 Å². The molecule has 98 valence electrons. The molecule has 3 heteroatoms. The number of hydrazone groups is 1. The number of hydrogen-bond acceptors (Lipinski definition) is 2. The van der Waals surface area contributed by atoms with E-state index in [4.69, 9.17) is 0 Å². The summed E-state index contributed by atoms with van der Waals surface area (Å²) in [5.41, 5.74) is 6.98. The molecule has 0 aliphatic rings. The van der Waals surface area contributed by atoms with Crippen LogP contribution in [0.2, 0.25) is 0 Å². The van der Waals surface area contributed by atoms with Gasteiger partial charge < -0.3 is 0 Å². The van der Waals surface area contributed by atoms with E-state index in [9.17, 15) is 4.79 Å². The molecule has 0 bridgehead atoms. The Bertz CT molecular complexity index is 450. The third-order valence-corrected chi connectivity index (χ3v) is 3.03. The average molecular weight is 246 g/mol. The number of carbonyl (C=O) groups is 1. The second-order valence-corrected chi connectivity index (χ2v) is 4.63. The SMILES string of the molecule is CCCCC(=O)N/N=C(\C)c1ccc(C)c(C)c1. The largest absolute Gasteiger partial charge is 0.273 e. The van der Waals surface area contributed by atoms with Crippen molar-refractivity contribution in [3.63, 3.8) is 0 Å². The van der Waals surface area contributed by atoms with Gasteiger partial charge >= 0.3 is 0 Å². The molecular weight excluding hydrogens is 224 g/mol. The number of aryl methyl sites for hydroxylation is 2. The normalized spacial score (nSPS) is 11.4. The number of nitrogens with zero attached hydrogens (tertiary/aromatic N) is 1. The number of benzene rings is 1. The Morgan fingerprint density at radius 3 is 2.61 bits per heavy atom. The second kappa shape index (κ2) is 6.94. The second-order valence-electron chi connectivity index (χ2n) is 4.63. The Balaban J connectivity index is 2.65. The maximum absolute atomic E-state index is 11.4. The third kappa shape index (κ3) is 4.32. The molecule has 0 radical (unpaired) electrons. The topological polar surface area (TPSA) is 41.5 Å². The molecule has 0 saturated carbocycles. The van der Waals surface area contributed by atoms with Gasteiger partial charge in [-0.3, -0.25) is 4.79 Å². The van der Waals surface area contributed by atoms with Gasteiger partial charge in [-0.1, -0.05) is 25.5 Å². The van der Waals surface area contributed by atoms with Crippen LogP contribution in [-0.4, -0.2) is 11.6 Å². The van der Waals surface area contributed by atoms with Crippen molar-refractivity contribution >= 4 is 11.6 Å². The van der Waals surface area contributed by atoms with Gasteiger partial charge in [-0.15, -0.1) is 0 Å². The number of amides is 1. The number of hydrogen-bond donors (Lipinski definition) is 1. The van der Waals surface area contributed by atoms with E-state index in [1.54, 1.807) is 0 Å². The summed E-state index contributed by atoms with van der Waals surface area (Å²) in [7, 11) is 0. The molecule has 1 rings (SSSR count). The van der Waals surface area contributed by atoms with E-state index in [1.807, 2.05) is 13.0 Å². The minimum absolute atomic E-state index is 0.0139. The van der Waals surface area contributed by atoms with Crippen molar-refractivity contribution in [2.24, 2.45) is 5.10 Å². The quantitative estimate of drug-likeness (QED) is 0.628. The predicted octanol–water partition coefficient (Wildman–Crippen LogP) is 3.33. The average Bonchev–Trinajstić information content (AvgIpc) is 2.36. The highest BCUT2D eigenvalue weighted by Gasteiger charge is 2.02. The fraction of sp³-hybridized carbons (Fsp3) is 0.467. The highest BCUT2D eigenvalue weighted by atomic mass is 16.2. The lowest BCUT2D eigenvalue weighted by Gasteiger charge is -2.05. The van der Waals surface area contributed by atoms with Crippen LogP contribution >= 0.6 is 0 Å². The van der Waals surface area contributed by atoms with E-state index in [2.05, 4.69) is 43.4 Å². The van der Waals surface area contributed by atoms with Crippen molar-refractivity contribution in [2.45, 2.75) is 47.0 Å². The Morgan fingerprint density at radius 1 is 1.28 bits per heavy atom. The lowest BCUT2D eigenvalue weighted by Crippen LogP contribution is -2.18. The number of nitrogens with one attached hydrogen (secondary N) is 1. The van der Waals surface area contributed by atoms with E-state index < -0.39 is 0 Å². The summed E-state index contributed by atoms with van der Waals surface area (Å²) in [6, 6.07) is 6.19. The standard InChI is InChI=1S/C15H22N2O/c1-5-6-7-15(18)17-16-13(4)14-9-8-11(2)12(3)10-14/h8-10H,5-7H2,1-4H3,(H,17,18)/b16-13+. The first-order valence-electron chi connectivity index (χ1n) is 6.45. The van der Waals surface area contributed by atoms with Crippen molar-refractivity contribution in [1.82, 2.24) is 5.43 Å². The number of rotatable bonds is 5. The maximum Gasteiger partial charge on any atom is 0.240 e. The molecule has 0 unspecified atom stereocenters. The van der Waals surface area contributed by atoms with Crippen LogP contribution in [0.3, 0.4) is 0 Å². The van der Waals surface area contributed by atoms with Gasteiger partial charge in [0.25, 0.3) is 0 Å². The Morgan fingerprint density at radius 2 is 2.00 bits per heavy atom. The molecule has 0 atom stereocenters. The van der Waals surface area contributed by atoms with Gasteiger partial charge in [-0.05, 0) is 49.9 Å². The molecule has 18 heavy (non-hydrogen) atoms. The molecule has 1 aromatic rings. The summed E-state index contributed by atoms with van der Waals surface area (Å²) in [5.74, 6) is -0.0139. The van der Waals surface area contributed by atoms with Crippen LogP contribution in [0.1, 0.15) is 49.8 Å². The zero-order valence-electron chi connectivity index (χ0n) is 11.7. The summed E-state index contributed by atoms with van der Waals surface area (Å²) < 4.78 is 0. The molecule has 0 aromatic heterocycles. The van der Waals surface area contributed by atoms with Gasteiger partial charge in [0.05, 0.1) is 5.71 Å². The molecule has 0 fully saturated rings. The summed E-state index contributed by atoms with van der Waals surface area (Å²) in [5, 5.41) is 4.14. The Kier molecular flexibility index (Phi) is 5.56. The van der Waals surface area contributed by atoms with Gasteiger partial charge in [-0.2, -0.15) is 5.10 Å². The molecular formula is C15H22N2O. The molecule has 0 saturated heterocycles. The summed E-state index contributed by atoms with van der Waals surface area (Å²) in [6.07, 6.45) is 2.47. The number of unbranched alkanes of at least 4 members (excludes halogenated alkanes) is 1. The maximum atomic E-state index is 11.4. The van der Waals surface area contributed by atoms with Gasteiger partial charge in [0.2, 0.25) is 5.91 Å². The van der Waals surface area contributed by atoms with Gasteiger partial charge in [0.1, 0.15) is 0 Å². The molecule has 0 aliphatic carbocycles. The zero-order valence-corrected chi connectivity index (χ0v) is 11.7. The summed E-state index contributed by atoms with van der Waals surface area (Å²) >= 11 is 0. The molecule has 1 aromatic carbocycles. The minimum Gasteiger partial charge on any atom is -0.273 e. The van der Waals surface area contributed by atoms with Crippen LogP contribution in [-0.2, 0) is 4.79 Å². The lowest BCUT2D eigenvalue weighted by atomic mass is 10.0. The first kappa shape index (κ1) is 14.4. The van der Waals surface area contributed by atoms with Crippen LogP contribution < -0.4 is 5.43 Å². The fourth-order valence-corrected chi connectivity index (χ4v) is 1.57. The van der Waals surface area contributed by atoms with Crippen molar-refractivity contribution < 1.29 is 4.79 Å². The smallest absolute Gasteiger partial charge is 0.240 e. The predicted molar refractivity (Wildman–Crippen MR) is 75.8 cm³/mol. The lowest BCUT2D eigenvalue weighted by molar-refractivity contribution is -0.121. The third-order valence-electron chi connectivity index (χ3n) is 3.03. The fourth-order valence-electron chi connectivity index (χ4n) is 1.57. The molecule has 0 aliphatic heterocycles. The molecule has 0 heterocycles. The van der Waals surface area contributed by atoms with Gasteiger partial charge in [0.15, 0.2) is 0 Å². The minimum atomic E-state index is -0.0139. The molecule has 3 nitrogen and oxygen atoms in total. The van der Waals surface area contributed by atoms with Gasteiger partial charge in [0, 0.05) is 6.42 Å². The van der Waals surface area contributed by atoms with E-state index in [0.29, 0.717) is 6.42 Å².